The molecule has 1 rings (SSSR count). The molecule has 0 amide bonds. The zero-order chi connectivity index (χ0) is 14.0. The van der Waals surface area contributed by atoms with E-state index in [-0.39, 0.29) is 16.7 Å². The van der Waals surface area contributed by atoms with Gasteiger partial charge in [0, 0.05) is 11.4 Å². The van der Waals surface area contributed by atoms with Crippen LogP contribution >= 0.6 is 11.8 Å². The second-order valence-electron chi connectivity index (χ2n) is 3.58. The molecule has 0 bridgehead atoms. The van der Waals surface area contributed by atoms with Crippen molar-refractivity contribution in [1.82, 2.24) is 0 Å². The maximum Gasteiger partial charge on any atom is 0.441 e. The molecular formula is C10H12F3NO2S2. The number of hydrogen-bond donors (Lipinski definition) is 1. The predicted molar refractivity (Wildman–Crippen MR) is 66.2 cm³/mol. The van der Waals surface area contributed by atoms with E-state index in [9.17, 15) is 21.6 Å². The zero-order valence-electron chi connectivity index (χ0n) is 9.49. The molecular weight excluding hydrogens is 287 g/mol. The lowest BCUT2D eigenvalue weighted by Gasteiger charge is -2.10. The van der Waals surface area contributed by atoms with Gasteiger partial charge in [-0.3, -0.25) is 0 Å². The van der Waals surface area contributed by atoms with Crippen LogP contribution < -0.4 is 5.73 Å². The number of rotatable bonds is 4. The van der Waals surface area contributed by atoms with Crippen molar-refractivity contribution in [2.45, 2.75) is 17.3 Å². The number of halogens is 3. The van der Waals surface area contributed by atoms with Gasteiger partial charge >= 0.3 is 5.51 Å². The van der Waals surface area contributed by atoms with E-state index in [4.69, 9.17) is 5.73 Å². The first-order valence-corrected chi connectivity index (χ1v) is 7.56. The second-order valence-corrected chi connectivity index (χ2v) is 6.82. The Morgan fingerprint density at radius 1 is 1.33 bits per heavy atom. The molecule has 2 N–H and O–H groups in total. The summed E-state index contributed by atoms with van der Waals surface area (Å²) in [5, 5.41) is 0. The van der Waals surface area contributed by atoms with Crippen LogP contribution in [0.3, 0.4) is 0 Å². The average Bonchev–Trinajstić information content (AvgIpc) is 2.19. The minimum atomic E-state index is -4.42. The summed E-state index contributed by atoms with van der Waals surface area (Å²) in [6.07, 6.45) is 0. The molecule has 0 saturated carbocycles. The summed E-state index contributed by atoms with van der Waals surface area (Å²) in [4.78, 5) is -0.00901. The average molecular weight is 299 g/mol. The van der Waals surface area contributed by atoms with Crippen molar-refractivity contribution >= 4 is 27.3 Å². The van der Waals surface area contributed by atoms with Gasteiger partial charge in [-0.15, -0.1) is 0 Å². The molecule has 0 unspecified atom stereocenters. The van der Waals surface area contributed by atoms with Crippen molar-refractivity contribution in [2.75, 3.05) is 17.2 Å². The highest BCUT2D eigenvalue weighted by Gasteiger charge is 2.29. The van der Waals surface area contributed by atoms with Crippen LogP contribution in [0, 0.1) is 6.92 Å². The van der Waals surface area contributed by atoms with Gasteiger partial charge in [0.25, 0.3) is 0 Å². The van der Waals surface area contributed by atoms with Gasteiger partial charge in [0.05, 0.1) is 10.6 Å². The van der Waals surface area contributed by atoms with E-state index in [1.807, 2.05) is 0 Å². The van der Waals surface area contributed by atoms with Crippen LogP contribution in [0.5, 0.6) is 0 Å². The number of sulfone groups is 1. The Labute approximate surface area is 107 Å². The van der Waals surface area contributed by atoms with Gasteiger partial charge in [0.1, 0.15) is 0 Å². The largest absolute Gasteiger partial charge is 0.441 e. The van der Waals surface area contributed by atoms with Gasteiger partial charge in [0.2, 0.25) is 0 Å². The van der Waals surface area contributed by atoms with Gasteiger partial charge in [-0.05, 0) is 36.4 Å². The molecule has 0 aliphatic rings. The van der Waals surface area contributed by atoms with Gasteiger partial charge in [0.15, 0.2) is 9.84 Å². The first kappa shape index (κ1) is 15.2. The molecule has 0 aliphatic carbocycles. The molecule has 0 spiro atoms. The van der Waals surface area contributed by atoms with Gasteiger partial charge in [-0.2, -0.15) is 13.2 Å². The molecule has 0 aromatic heterocycles. The number of anilines is 1. The number of nitrogens with two attached hydrogens (primary N) is 1. The van der Waals surface area contributed by atoms with Gasteiger partial charge in [-0.1, -0.05) is 6.07 Å². The summed E-state index contributed by atoms with van der Waals surface area (Å²) in [5.41, 5.74) is 1.82. The number of alkyl halides is 3. The molecule has 1 aromatic carbocycles. The van der Waals surface area contributed by atoms with Gasteiger partial charge < -0.3 is 5.73 Å². The Morgan fingerprint density at radius 3 is 2.50 bits per heavy atom. The molecule has 1 aromatic rings. The first-order chi connectivity index (χ1) is 8.13. The lowest BCUT2D eigenvalue weighted by molar-refractivity contribution is -0.0326. The first-order valence-electron chi connectivity index (χ1n) is 4.92. The summed E-state index contributed by atoms with van der Waals surface area (Å²) in [6, 6.07) is 4.35. The third kappa shape index (κ3) is 4.09. The van der Waals surface area contributed by atoms with E-state index in [0.29, 0.717) is 11.3 Å². The Hall–Kier alpha value is -0.890. The van der Waals surface area contributed by atoms with Crippen LogP contribution in [0.2, 0.25) is 0 Å². The molecule has 0 radical (unpaired) electrons. The molecule has 102 valence electrons. The van der Waals surface area contributed by atoms with Crippen LogP contribution in [-0.2, 0) is 9.84 Å². The summed E-state index contributed by atoms with van der Waals surface area (Å²) >= 11 is -0.345. The molecule has 0 saturated heterocycles. The van der Waals surface area contributed by atoms with E-state index in [0.717, 1.165) is 0 Å². The maximum atomic E-state index is 11.9. The summed E-state index contributed by atoms with van der Waals surface area (Å²) in [5.74, 6) is -1.10. The van der Waals surface area contributed by atoms with Crippen molar-refractivity contribution in [2.24, 2.45) is 0 Å². The van der Waals surface area contributed by atoms with E-state index in [1.165, 1.54) is 19.1 Å². The molecule has 8 heteroatoms. The number of benzene rings is 1. The highest BCUT2D eigenvalue weighted by Crippen LogP contribution is 2.31. The van der Waals surface area contributed by atoms with Gasteiger partial charge in [-0.25, -0.2) is 8.42 Å². The van der Waals surface area contributed by atoms with E-state index in [1.54, 1.807) is 6.07 Å². The highest BCUT2D eigenvalue weighted by molar-refractivity contribution is 8.01. The molecule has 0 fully saturated rings. The minimum Gasteiger partial charge on any atom is -0.398 e. The normalized spacial score (nSPS) is 12.7. The Morgan fingerprint density at radius 2 is 1.94 bits per heavy atom. The third-order valence-corrected chi connectivity index (χ3v) is 5.13. The fourth-order valence-corrected chi connectivity index (χ4v) is 3.88. The highest BCUT2D eigenvalue weighted by atomic mass is 32.2. The summed E-state index contributed by atoms with van der Waals surface area (Å²) < 4.78 is 59.5. The Bertz CT molecular complexity index is 526. The number of nitrogen functional groups attached to an aromatic ring is 1. The van der Waals surface area contributed by atoms with Crippen molar-refractivity contribution < 1.29 is 21.6 Å². The fourth-order valence-electron chi connectivity index (χ4n) is 1.35. The van der Waals surface area contributed by atoms with Crippen LogP contribution in [-0.4, -0.2) is 25.4 Å². The SMILES string of the molecule is Cc1c(N)cccc1S(=O)(=O)CCSC(F)(F)F. The van der Waals surface area contributed by atoms with E-state index >= 15 is 0 Å². The van der Waals surface area contributed by atoms with Crippen molar-refractivity contribution in [3.63, 3.8) is 0 Å². The standard InChI is InChI=1S/C10H12F3NO2S2/c1-7-8(14)3-2-4-9(7)18(15,16)6-5-17-10(11,12)13/h2-4H,5-6,14H2,1H3. The molecule has 3 nitrogen and oxygen atoms in total. The Balaban J connectivity index is 2.84. The minimum absolute atomic E-state index is 0.00901. The van der Waals surface area contributed by atoms with Crippen molar-refractivity contribution in [3.8, 4) is 0 Å². The summed E-state index contributed by atoms with van der Waals surface area (Å²) in [7, 11) is -3.74. The zero-order valence-corrected chi connectivity index (χ0v) is 11.1. The van der Waals surface area contributed by atoms with Crippen LogP contribution in [0.15, 0.2) is 23.1 Å². The summed E-state index contributed by atoms with van der Waals surface area (Å²) in [6.45, 7) is 1.53. The lowest BCUT2D eigenvalue weighted by Crippen LogP contribution is -2.13. The molecule has 0 aliphatic heterocycles. The van der Waals surface area contributed by atoms with Crippen LogP contribution in [0.4, 0.5) is 18.9 Å². The second kappa shape index (κ2) is 5.40. The smallest absolute Gasteiger partial charge is 0.398 e. The number of thioether (sulfide) groups is 1. The Kier molecular flexibility index (Phi) is 4.55. The van der Waals surface area contributed by atoms with Crippen molar-refractivity contribution in [1.29, 1.82) is 0 Å². The predicted octanol–water partition coefficient (Wildman–Crippen LogP) is 2.60. The van der Waals surface area contributed by atoms with Crippen LogP contribution in [0.25, 0.3) is 0 Å². The van der Waals surface area contributed by atoms with Crippen molar-refractivity contribution in [3.05, 3.63) is 23.8 Å². The molecule has 18 heavy (non-hydrogen) atoms. The maximum absolute atomic E-state index is 11.9. The van der Waals surface area contributed by atoms with Crippen LogP contribution in [0.1, 0.15) is 5.56 Å². The molecule has 0 heterocycles. The monoisotopic (exact) mass is 299 g/mol. The number of hydrogen-bond acceptors (Lipinski definition) is 4. The van der Waals surface area contributed by atoms with E-state index < -0.39 is 26.9 Å². The lowest BCUT2D eigenvalue weighted by atomic mass is 10.2. The van der Waals surface area contributed by atoms with E-state index in [2.05, 4.69) is 0 Å². The third-order valence-electron chi connectivity index (χ3n) is 2.28. The quantitative estimate of drug-likeness (QED) is 0.868. The fraction of sp³-hybridized carbons (Fsp3) is 0.400. The topological polar surface area (TPSA) is 60.2 Å². The molecule has 0 atom stereocenters.